The van der Waals surface area contributed by atoms with E-state index in [1.54, 1.807) is 6.07 Å². The summed E-state index contributed by atoms with van der Waals surface area (Å²) in [4.78, 5) is 23.0. The Labute approximate surface area is 120 Å². The minimum absolute atomic E-state index is 0.126. The normalized spacial score (nSPS) is 12.9. The van der Waals surface area contributed by atoms with Gasteiger partial charge in [0.15, 0.2) is 5.92 Å². The van der Waals surface area contributed by atoms with Gasteiger partial charge in [-0.15, -0.1) is 0 Å². The Kier molecular flexibility index (Phi) is 5.79. The van der Waals surface area contributed by atoms with Gasteiger partial charge in [0, 0.05) is 12.0 Å². The monoisotopic (exact) mass is 297 g/mol. The summed E-state index contributed by atoms with van der Waals surface area (Å²) in [6.07, 6.45) is -0.410. The molecule has 0 N–H and O–H groups in total. The molecule has 0 radical (unpaired) electrons. The first kappa shape index (κ1) is 16.6. The van der Waals surface area contributed by atoms with E-state index >= 15 is 0 Å². The van der Waals surface area contributed by atoms with Crippen LogP contribution in [0.1, 0.15) is 17.9 Å². The summed E-state index contributed by atoms with van der Waals surface area (Å²) in [7, 11) is 2.20. The summed E-state index contributed by atoms with van der Waals surface area (Å²) >= 11 is 0. The molecule has 0 amide bonds. The highest BCUT2D eigenvalue weighted by Gasteiger charge is 2.34. The predicted molar refractivity (Wildman–Crippen MR) is 66.9 cm³/mol. The molecule has 1 aromatic carbocycles. The Balaban J connectivity index is 3.27. The maximum atomic E-state index is 13.9. The highest BCUT2D eigenvalue weighted by Crippen LogP contribution is 2.31. The van der Waals surface area contributed by atoms with Gasteiger partial charge < -0.3 is 9.47 Å². The Morgan fingerprint density at radius 3 is 2.43 bits per heavy atom. The fourth-order valence-corrected chi connectivity index (χ4v) is 1.91. The zero-order chi connectivity index (χ0) is 16.0. The smallest absolute Gasteiger partial charge is 0.323 e. The first-order valence-electron chi connectivity index (χ1n) is 5.93. The van der Waals surface area contributed by atoms with Crippen LogP contribution in [-0.4, -0.2) is 26.2 Å². The summed E-state index contributed by atoms with van der Waals surface area (Å²) in [5, 5.41) is 9.09. The number of hydrogen-bond acceptors (Lipinski definition) is 5. The summed E-state index contributed by atoms with van der Waals surface area (Å²) in [6, 6.07) is 4.37. The molecule has 0 saturated heterocycles. The lowest BCUT2D eigenvalue weighted by molar-refractivity contribution is -0.145. The summed E-state index contributed by atoms with van der Waals surface area (Å²) in [5.41, 5.74) is -0.126. The van der Waals surface area contributed by atoms with E-state index in [0.717, 1.165) is 26.4 Å². The van der Waals surface area contributed by atoms with Gasteiger partial charge in [-0.3, -0.25) is 9.59 Å². The van der Waals surface area contributed by atoms with Crippen molar-refractivity contribution in [2.75, 3.05) is 14.2 Å². The van der Waals surface area contributed by atoms with Crippen LogP contribution in [0.2, 0.25) is 0 Å². The molecule has 5 nitrogen and oxygen atoms in total. The van der Waals surface area contributed by atoms with Crippen molar-refractivity contribution in [1.82, 2.24) is 0 Å². The molecule has 0 aliphatic rings. The molecule has 7 heteroatoms. The van der Waals surface area contributed by atoms with Gasteiger partial charge in [0.1, 0.15) is 11.6 Å². The van der Waals surface area contributed by atoms with Crippen LogP contribution in [0.5, 0.6) is 0 Å². The number of hydrogen-bond donors (Lipinski definition) is 0. The van der Waals surface area contributed by atoms with Gasteiger partial charge in [0.2, 0.25) is 0 Å². The zero-order valence-electron chi connectivity index (χ0n) is 11.4. The second-order valence-corrected chi connectivity index (χ2v) is 4.18. The minimum atomic E-state index is -1.41. The number of ether oxygens (including phenoxy) is 2. The molecule has 2 unspecified atom stereocenters. The fourth-order valence-electron chi connectivity index (χ4n) is 1.91. The third-order valence-corrected chi connectivity index (χ3v) is 2.97. The maximum Gasteiger partial charge on any atom is 0.323 e. The van der Waals surface area contributed by atoms with Crippen molar-refractivity contribution in [2.45, 2.75) is 12.3 Å². The van der Waals surface area contributed by atoms with E-state index in [2.05, 4.69) is 9.47 Å². The SMILES string of the molecule is COC(=O)CC(c1ccc(F)cc1F)C(C#N)C(=O)OC. The summed E-state index contributed by atoms with van der Waals surface area (Å²) in [6.45, 7) is 0. The Bertz CT molecular complexity index is 583. The van der Waals surface area contributed by atoms with Crippen molar-refractivity contribution >= 4 is 11.9 Å². The first-order chi connectivity index (χ1) is 9.94. The molecule has 0 heterocycles. The third-order valence-electron chi connectivity index (χ3n) is 2.97. The van der Waals surface area contributed by atoms with Crippen LogP contribution in [0.25, 0.3) is 0 Å². The van der Waals surface area contributed by atoms with Crippen molar-refractivity contribution in [3.63, 3.8) is 0 Å². The van der Waals surface area contributed by atoms with Crippen LogP contribution >= 0.6 is 0 Å². The Hall–Kier alpha value is -2.49. The Morgan fingerprint density at radius 2 is 1.95 bits per heavy atom. The van der Waals surface area contributed by atoms with Crippen LogP contribution in [0.4, 0.5) is 8.78 Å². The number of carbonyl (C=O) groups is 2. The van der Waals surface area contributed by atoms with E-state index in [4.69, 9.17) is 5.26 Å². The zero-order valence-corrected chi connectivity index (χ0v) is 11.4. The maximum absolute atomic E-state index is 13.9. The van der Waals surface area contributed by atoms with Gasteiger partial charge in [0.05, 0.1) is 26.7 Å². The highest BCUT2D eigenvalue weighted by molar-refractivity contribution is 5.79. The average molecular weight is 297 g/mol. The number of halogens is 2. The highest BCUT2D eigenvalue weighted by atomic mass is 19.1. The van der Waals surface area contributed by atoms with Gasteiger partial charge in [0.25, 0.3) is 0 Å². The topological polar surface area (TPSA) is 76.4 Å². The van der Waals surface area contributed by atoms with Crippen molar-refractivity contribution < 1.29 is 27.8 Å². The number of esters is 2. The number of carbonyl (C=O) groups excluding carboxylic acids is 2. The van der Waals surface area contributed by atoms with Gasteiger partial charge in [-0.2, -0.15) is 5.26 Å². The van der Waals surface area contributed by atoms with E-state index in [9.17, 15) is 18.4 Å². The van der Waals surface area contributed by atoms with Gasteiger partial charge in [-0.05, 0) is 11.6 Å². The molecule has 1 rings (SSSR count). The Morgan fingerprint density at radius 1 is 1.29 bits per heavy atom. The van der Waals surface area contributed by atoms with Gasteiger partial charge >= 0.3 is 11.9 Å². The second-order valence-electron chi connectivity index (χ2n) is 4.18. The molecular weight excluding hydrogens is 284 g/mol. The molecule has 112 valence electrons. The molecule has 0 fully saturated rings. The first-order valence-corrected chi connectivity index (χ1v) is 5.93. The van der Waals surface area contributed by atoms with E-state index in [-0.39, 0.29) is 5.56 Å². The molecule has 21 heavy (non-hydrogen) atoms. The largest absolute Gasteiger partial charge is 0.469 e. The molecule has 0 aliphatic heterocycles. The van der Waals surface area contributed by atoms with Crippen molar-refractivity contribution in [3.8, 4) is 6.07 Å². The fraction of sp³-hybridized carbons (Fsp3) is 0.357. The van der Waals surface area contributed by atoms with Crippen LogP contribution in [0.3, 0.4) is 0 Å². The number of methoxy groups -OCH3 is 2. The van der Waals surface area contributed by atoms with Crippen molar-refractivity contribution in [1.29, 1.82) is 5.26 Å². The van der Waals surface area contributed by atoms with Gasteiger partial charge in [-0.1, -0.05) is 6.07 Å². The number of nitrogens with zero attached hydrogens (tertiary/aromatic N) is 1. The van der Waals surface area contributed by atoms with Crippen LogP contribution in [0.15, 0.2) is 18.2 Å². The van der Waals surface area contributed by atoms with E-state index in [0.29, 0.717) is 6.07 Å². The third kappa shape index (κ3) is 3.99. The molecule has 0 saturated carbocycles. The quantitative estimate of drug-likeness (QED) is 0.776. The molecule has 0 spiro atoms. The molecule has 0 aliphatic carbocycles. The number of rotatable bonds is 5. The summed E-state index contributed by atoms with van der Waals surface area (Å²) < 4.78 is 35.8. The lowest BCUT2D eigenvalue weighted by atomic mass is 9.84. The van der Waals surface area contributed by atoms with E-state index in [1.807, 2.05) is 0 Å². The molecular formula is C14H13F2NO4. The molecule has 1 aromatic rings. The van der Waals surface area contributed by atoms with Crippen molar-refractivity contribution in [3.05, 3.63) is 35.4 Å². The summed E-state index contributed by atoms with van der Waals surface area (Å²) in [5.74, 6) is -5.93. The second kappa shape index (κ2) is 7.33. The number of nitriles is 1. The minimum Gasteiger partial charge on any atom is -0.469 e. The molecule has 2 atom stereocenters. The van der Waals surface area contributed by atoms with Crippen LogP contribution < -0.4 is 0 Å². The van der Waals surface area contributed by atoms with E-state index in [1.165, 1.54) is 0 Å². The standard InChI is InChI=1S/C14H13F2NO4/c1-20-13(18)6-10(11(7-17)14(19)21-2)9-4-3-8(15)5-12(9)16/h3-5,10-11H,6H2,1-2H3. The number of benzene rings is 1. The predicted octanol–water partition coefficient (Wildman–Crippen LogP) is 1.92. The van der Waals surface area contributed by atoms with Gasteiger partial charge in [-0.25, -0.2) is 8.78 Å². The lowest BCUT2D eigenvalue weighted by Gasteiger charge is -2.20. The van der Waals surface area contributed by atoms with Crippen LogP contribution in [-0.2, 0) is 19.1 Å². The van der Waals surface area contributed by atoms with Crippen molar-refractivity contribution in [2.24, 2.45) is 5.92 Å². The average Bonchev–Trinajstić information content (AvgIpc) is 2.46. The lowest BCUT2D eigenvalue weighted by Crippen LogP contribution is -2.25. The van der Waals surface area contributed by atoms with Crippen LogP contribution in [0, 0.1) is 28.9 Å². The molecule has 0 bridgehead atoms. The molecule has 0 aromatic heterocycles. The van der Waals surface area contributed by atoms with E-state index < -0.39 is 41.8 Å².